The summed E-state index contributed by atoms with van der Waals surface area (Å²) in [5.74, 6) is -0.664. The summed E-state index contributed by atoms with van der Waals surface area (Å²) in [5, 5.41) is 14.5. The molecule has 0 aromatic carbocycles. The van der Waals surface area contributed by atoms with Crippen molar-refractivity contribution in [1.29, 1.82) is 0 Å². The van der Waals surface area contributed by atoms with Crippen LogP contribution in [0.3, 0.4) is 0 Å². The monoisotopic (exact) mass is 262 g/mol. The maximum Gasteiger partial charge on any atom is 0.326 e. The number of carbonyl (C=O) groups excluding carboxylic acids is 1. The van der Waals surface area contributed by atoms with E-state index in [0.717, 1.165) is 6.54 Å². The summed E-state index contributed by atoms with van der Waals surface area (Å²) < 4.78 is 5.25. The smallest absolute Gasteiger partial charge is 0.326 e. The summed E-state index contributed by atoms with van der Waals surface area (Å²) in [7, 11) is 0. The Morgan fingerprint density at radius 1 is 1.65 bits per heavy atom. The first-order chi connectivity index (χ1) is 8.15. The first-order valence-corrected chi connectivity index (χ1v) is 6.89. The van der Waals surface area contributed by atoms with E-state index in [1.807, 2.05) is 6.26 Å². The fourth-order valence-electron chi connectivity index (χ4n) is 1.49. The van der Waals surface area contributed by atoms with Crippen LogP contribution in [0.4, 0.5) is 0 Å². The fourth-order valence-corrected chi connectivity index (χ4v) is 1.96. The molecule has 0 radical (unpaired) electrons. The van der Waals surface area contributed by atoms with Crippen molar-refractivity contribution < 1.29 is 19.4 Å². The van der Waals surface area contributed by atoms with Gasteiger partial charge < -0.3 is 20.5 Å². The Balaban J connectivity index is 2.42. The van der Waals surface area contributed by atoms with Crippen LogP contribution in [-0.2, 0) is 14.3 Å². The Labute approximate surface area is 104 Å². The molecule has 0 aromatic heterocycles. The lowest BCUT2D eigenvalue weighted by Gasteiger charge is -2.24. The quantitative estimate of drug-likeness (QED) is 0.586. The molecule has 0 bridgehead atoms. The topological polar surface area (TPSA) is 87.7 Å². The molecule has 1 rings (SSSR count). The lowest BCUT2D eigenvalue weighted by atomic mass is 10.2. The van der Waals surface area contributed by atoms with E-state index in [-0.39, 0.29) is 5.91 Å². The summed E-state index contributed by atoms with van der Waals surface area (Å²) in [5.41, 5.74) is 0. The van der Waals surface area contributed by atoms with Crippen molar-refractivity contribution in [2.75, 3.05) is 31.7 Å². The van der Waals surface area contributed by atoms with Crippen LogP contribution in [0.15, 0.2) is 0 Å². The second-order valence-electron chi connectivity index (χ2n) is 3.74. The van der Waals surface area contributed by atoms with E-state index >= 15 is 0 Å². The van der Waals surface area contributed by atoms with Crippen molar-refractivity contribution in [2.45, 2.75) is 18.6 Å². The Morgan fingerprint density at radius 3 is 2.94 bits per heavy atom. The number of carboxylic acid groups (broad SMARTS) is 1. The molecule has 0 aliphatic carbocycles. The molecule has 7 heteroatoms. The van der Waals surface area contributed by atoms with Gasteiger partial charge in [-0.2, -0.15) is 11.8 Å². The Hall–Kier alpha value is -0.790. The second kappa shape index (κ2) is 7.52. The van der Waals surface area contributed by atoms with Gasteiger partial charge in [-0.15, -0.1) is 0 Å². The molecular weight excluding hydrogens is 244 g/mol. The van der Waals surface area contributed by atoms with Crippen LogP contribution in [0, 0.1) is 0 Å². The van der Waals surface area contributed by atoms with E-state index in [4.69, 9.17) is 9.84 Å². The molecule has 1 heterocycles. The molecule has 1 aliphatic rings. The number of hydrogen-bond acceptors (Lipinski definition) is 5. The van der Waals surface area contributed by atoms with Crippen molar-refractivity contribution in [3.8, 4) is 0 Å². The summed E-state index contributed by atoms with van der Waals surface area (Å²) in [6.45, 7) is 1.62. The van der Waals surface area contributed by atoms with Gasteiger partial charge >= 0.3 is 5.97 Å². The van der Waals surface area contributed by atoms with Gasteiger partial charge in [-0.3, -0.25) is 4.79 Å². The molecular formula is C10H18N2O4S. The minimum Gasteiger partial charge on any atom is -0.480 e. The molecule has 1 unspecified atom stereocenters. The molecule has 1 amide bonds. The van der Waals surface area contributed by atoms with E-state index < -0.39 is 18.1 Å². The van der Waals surface area contributed by atoms with Crippen LogP contribution in [-0.4, -0.2) is 60.8 Å². The molecule has 0 saturated carbocycles. The highest BCUT2D eigenvalue weighted by molar-refractivity contribution is 7.98. The van der Waals surface area contributed by atoms with Gasteiger partial charge in [0.1, 0.15) is 12.1 Å². The largest absolute Gasteiger partial charge is 0.480 e. The highest BCUT2D eigenvalue weighted by Gasteiger charge is 2.26. The minimum atomic E-state index is -1.00. The lowest BCUT2D eigenvalue weighted by molar-refractivity contribution is -0.145. The van der Waals surface area contributed by atoms with Crippen molar-refractivity contribution in [3.63, 3.8) is 0 Å². The number of nitrogens with one attached hydrogen (secondary N) is 2. The van der Waals surface area contributed by atoms with Crippen molar-refractivity contribution in [2.24, 2.45) is 0 Å². The molecule has 1 fully saturated rings. The summed E-state index contributed by atoms with van der Waals surface area (Å²) in [6, 6.07) is -0.833. The van der Waals surface area contributed by atoms with Crippen LogP contribution < -0.4 is 10.6 Å². The Morgan fingerprint density at radius 2 is 2.41 bits per heavy atom. The standard InChI is InChI=1S/C10H18N2O4S/c1-17-5-2-7(10(14)15)12-9(13)8-6-11-3-4-16-8/h7-8,11H,2-6H2,1H3,(H,12,13)(H,14,15)/t7-,8?/m1/s1. The summed E-state index contributed by atoms with van der Waals surface area (Å²) in [6.07, 6.45) is 1.73. The number of amides is 1. The molecule has 1 aliphatic heterocycles. The number of carbonyl (C=O) groups is 2. The minimum absolute atomic E-state index is 0.356. The predicted octanol–water partition coefficient (Wildman–Crippen LogP) is -0.703. The lowest BCUT2D eigenvalue weighted by Crippen LogP contribution is -2.52. The predicted molar refractivity (Wildman–Crippen MR) is 65.2 cm³/mol. The van der Waals surface area contributed by atoms with E-state index in [1.165, 1.54) is 0 Å². The number of morpholine rings is 1. The van der Waals surface area contributed by atoms with Gasteiger partial charge in [0.25, 0.3) is 5.91 Å². The molecule has 1 saturated heterocycles. The van der Waals surface area contributed by atoms with E-state index in [1.54, 1.807) is 11.8 Å². The van der Waals surface area contributed by atoms with Gasteiger partial charge in [-0.1, -0.05) is 0 Å². The number of ether oxygens (including phenoxy) is 1. The molecule has 3 N–H and O–H groups in total. The molecule has 98 valence electrons. The van der Waals surface area contributed by atoms with Crippen LogP contribution in [0.25, 0.3) is 0 Å². The zero-order chi connectivity index (χ0) is 12.7. The van der Waals surface area contributed by atoms with Crippen molar-refractivity contribution >= 4 is 23.6 Å². The normalized spacial score (nSPS) is 21.8. The first kappa shape index (κ1) is 14.3. The highest BCUT2D eigenvalue weighted by Crippen LogP contribution is 2.03. The van der Waals surface area contributed by atoms with Crippen LogP contribution in [0.1, 0.15) is 6.42 Å². The molecule has 2 atom stereocenters. The maximum atomic E-state index is 11.7. The van der Waals surface area contributed by atoms with Crippen molar-refractivity contribution in [3.05, 3.63) is 0 Å². The third-order valence-corrected chi connectivity index (χ3v) is 3.09. The molecule has 0 aromatic rings. The van der Waals surface area contributed by atoms with Crippen LogP contribution in [0.2, 0.25) is 0 Å². The van der Waals surface area contributed by atoms with E-state index in [0.29, 0.717) is 25.3 Å². The van der Waals surface area contributed by atoms with Gasteiger partial charge in [0, 0.05) is 13.1 Å². The highest BCUT2D eigenvalue weighted by atomic mass is 32.2. The third kappa shape index (κ3) is 4.93. The number of thioether (sulfide) groups is 1. The number of aliphatic carboxylic acids is 1. The van der Waals surface area contributed by atoms with E-state index in [2.05, 4.69) is 10.6 Å². The third-order valence-electron chi connectivity index (χ3n) is 2.45. The van der Waals surface area contributed by atoms with Gasteiger partial charge in [0.05, 0.1) is 6.61 Å². The number of rotatable bonds is 6. The molecule has 17 heavy (non-hydrogen) atoms. The summed E-state index contributed by atoms with van der Waals surface area (Å²) in [4.78, 5) is 22.7. The SMILES string of the molecule is CSCC[C@@H](NC(=O)C1CNCCO1)C(=O)O. The van der Waals surface area contributed by atoms with Crippen LogP contribution >= 0.6 is 11.8 Å². The van der Waals surface area contributed by atoms with Crippen molar-refractivity contribution in [1.82, 2.24) is 10.6 Å². The van der Waals surface area contributed by atoms with Gasteiger partial charge in [-0.05, 0) is 18.4 Å². The van der Waals surface area contributed by atoms with Gasteiger partial charge in [-0.25, -0.2) is 4.79 Å². The van der Waals surface area contributed by atoms with Gasteiger partial charge in [0.2, 0.25) is 0 Å². The Bertz CT molecular complexity index is 269. The van der Waals surface area contributed by atoms with Gasteiger partial charge in [0.15, 0.2) is 0 Å². The number of carboxylic acids is 1. The zero-order valence-corrected chi connectivity index (χ0v) is 10.6. The molecule has 0 spiro atoms. The molecule has 6 nitrogen and oxygen atoms in total. The second-order valence-corrected chi connectivity index (χ2v) is 4.73. The van der Waals surface area contributed by atoms with Crippen LogP contribution in [0.5, 0.6) is 0 Å². The number of hydrogen-bond donors (Lipinski definition) is 3. The zero-order valence-electron chi connectivity index (χ0n) is 9.77. The Kier molecular flexibility index (Phi) is 6.31. The summed E-state index contributed by atoms with van der Waals surface area (Å²) >= 11 is 1.55. The average Bonchev–Trinajstić information content (AvgIpc) is 2.35. The maximum absolute atomic E-state index is 11.7. The fraction of sp³-hybridized carbons (Fsp3) is 0.800. The average molecular weight is 262 g/mol. The first-order valence-electron chi connectivity index (χ1n) is 5.49. The van der Waals surface area contributed by atoms with E-state index in [9.17, 15) is 9.59 Å².